The number of Topliss-reactive ketones (excluding diaryl/α,β-unsaturated/α-hetero) is 1. The normalized spacial score (nSPS) is 11.0. The van der Waals surface area contributed by atoms with Crippen LogP contribution in [0.1, 0.15) is 81.5 Å². The molecule has 142 valence electrons. The zero-order valence-electron chi connectivity index (χ0n) is 16.9. The minimum atomic E-state index is 0.280. The molecule has 0 spiro atoms. The van der Waals surface area contributed by atoms with Gasteiger partial charge in [0.15, 0.2) is 5.78 Å². The molecule has 2 aromatic rings. The fourth-order valence-electron chi connectivity index (χ4n) is 3.69. The van der Waals surface area contributed by atoms with Crippen LogP contribution in [0.2, 0.25) is 0 Å². The monoisotopic (exact) mass is 353 g/mol. The number of unbranched alkanes of at least 4 members (excludes halogenated alkanes) is 8. The molecule has 0 unspecified atom stereocenters. The molecule has 2 aromatic carbocycles. The van der Waals surface area contributed by atoms with Crippen molar-refractivity contribution in [2.45, 2.75) is 71.1 Å². The predicted molar refractivity (Wildman–Crippen MR) is 114 cm³/mol. The molecule has 0 aliphatic carbocycles. The average Bonchev–Trinajstić information content (AvgIpc) is 2.65. The van der Waals surface area contributed by atoms with Gasteiger partial charge in [-0.1, -0.05) is 88.6 Å². The average molecular weight is 354 g/mol. The van der Waals surface area contributed by atoms with Crippen LogP contribution in [0, 0.1) is 0 Å². The highest BCUT2D eigenvalue weighted by Gasteiger charge is 2.15. The van der Waals surface area contributed by atoms with Crippen molar-refractivity contribution >= 4 is 22.2 Å². The number of hydrogen-bond donors (Lipinski definition) is 0. The molecule has 0 bridgehead atoms. The maximum absolute atomic E-state index is 12.8. The highest BCUT2D eigenvalue weighted by molar-refractivity contribution is 6.09. The van der Waals surface area contributed by atoms with Gasteiger partial charge in [-0.2, -0.15) is 0 Å². The van der Waals surface area contributed by atoms with Crippen LogP contribution in [0.4, 0.5) is 5.69 Å². The number of ketones is 1. The van der Waals surface area contributed by atoms with Gasteiger partial charge >= 0.3 is 0 Å². The second-order valence-corrected chi connectivity index (χ2v) is 7.58. The third kappa shape index (κ3) is 5.86. The summed E-state index contributed by atoms with van der Waals surface area (Å²) in [5, 5.41) is 2.35. The van der Waals surface area contributed by atoms with Crippen LogP contribution in [0.25, 0.3) is 10.8 Å². The summed E-state index contributed by atoms with van der Waals surface area (Å²) in [7, 11) is 4.05. The first-order valence-electron chi connectivity index (χ1n) is 10.4. The quantitative estimate of drug-likeness (QED) is 0.302. The molecule has 0 amide bonds. The maximum atomic E-state index is 12.8. The fraction of sp³-hybridized carbons (Fsp3) is 0.542. The van der Waals surface area contributed by atoms with Crippen LogP contribution in [-0.4, -0.2) is 19.9 Å². The SMILES string of the molecule is CCCCCCCCCCCC(=O)c1ccc2ccccc2c1N(C)C. The molecular weight excluding hydrogens is 318 g/mol. The first kappa shape index (κ1) is 20.5. The Morgan fingerprint density at radius 2 is 1.42 bits per heavy atom. The van der Waals surface area contributed by atoms with E-state index in [1.54, 1.807) is 0 Å². The van der Waals surface area contributed by atoms with Gasteiger partial charge in [-0.15, -0.1) is 0 Å². The topological polar surface area (TPSA) is 20.3 Å². The lowest BCUT2D eigenvalue weighted by atomic mass is 9.97. The van der Waals surface area contributed by atoms with E-state index in [1.807, 2.05) is 32.3 Å². The molecule has 2 nitrogen and oxygen atoms in total. The molecular formula is C24H35NO. The highest BCUT2D eigenvalue weighted by Crippen LogP contribution is 2.31. The van der Waals surface area contributed by atoms with E-state index in [0.717, 1.165) is 23.1 Å². The number of nitrogens with zero attached hydrogens (tertiary/aromatic N) is 1. The van der Waals surface area contributed by atoms with Gasteiger partial charge < -0.3 is 4.90 Å². The van der Waals surface area contributed by atoms with Gasteiger partial charge in [0.1, 0.15) is 0 Å². The Morgan fingerprint density at radius 3 is 2.08 bits per heavy atom. The van der Waals surface area contributed by atoms with Gasteiger partial charge in [-0.25, -0.2) is 0 Å². The van der Waals surface area contributed by atoms with Crippen molar-refractivity contribution in [3.05, 3.63) is 42.0 Å². The number of carbonyl (C=O) groups excluding carboxylic acids is 1. The summed E-state index contributed by atoms with van der Waals surface area (Å²) in [5.74, 6) is 0.280. The van der Waals surface area contributed by atoms with Crippen LogP contribution in [0.5, 0.6) is 0 Å². The van der Waals surface area contributed by atoms with E-state index in [1.165, 1.54) is 56.8 Å². The molecule has 2 rings (SSSR count). The summed E-state index contributed by atoms with van der Waals surface area (Å²) in [5.41, 5.74) is 1.93. The molecule has 0 aliphatic heterocycles. The Morgan fingerprint density at radius 1 is 0.808 bits per heavy atom. The molecule has 0 aliphatic rings. The van der Waals surface area contributed by atoms with Crippen molar-refractivity contribution in [3.8, 4) is 0 Å². The van der Waals surface area contributed by atoms with Crippen LogP contribution in [-0.2, 0) is 0 Å². The minimum absolute atomic E-state index is 0.280. The summed E-state index contributed by atoms with van der Waals surface area (Å²) >= 11 is 0. The zero-order valence-corrected chi connectivity index (χ0v) is 16.9. The first-order valence-corrected chi connectivity index (χ1v) is 10.4. The van der Waals surface area contributed by atoms with Gasteiger partial charge in [0.05, 0.1) is 5.69 Å². The minimum Gasteiger partial charge on any atom is -0.377 e. The third-order valence-electron chi connectivity index (χ3n) is 5.16. The number of rotatable bonds is 12. The molecule has 0 heterocycles. The van der Waals surface area contributed by atoms with Gasteiger partial charge in [-0.3, -0.25) is 4.79 Å². The number of anilines is 1. The third-order valence-corrected chi connectivity index (χ3v) is 5.16. The molecule has 2 heteroatoms. The van der Waals surface area contributed by atoms with Gasteiger partial charge in [0.25, 0.3) is 0 Å². The van der Waals surface area contributed by atoms with Crippen LogP contribution < -0.4 is 4.90 Å². The van der Waals surface area contributed by atoms with Crippen molar-refractivity contribution in [2.24, 2.45) is 0 Å². The van der Waals surface area contributed by atoms with Crippen molar-refractivity contribution in [2.75, 3.05) is 19.0 Å². The Kier molecular flexibility index (Phi) is 8.67. The van der Waals surface area contributed by atoms with Crippen LogP contribution in [0.3, 0.4) is 0 Å². The Balaban J connectivity index is 1.85. The largest absolute Gasteiger partial charge is 0.377 e. The molecule has 26 heavy (non-hydrogen) atoms. The lowest BCUT2D eigenvalue weighted by Gasteiger charge is -2.19. The molecule has 0 radical (unpaired) electrons. The van der Waals surface area contributed by atoms with Crippen LogP contribution >= 0.6 is 0 Å². The van der Waals surface area contributed by atoms with Crippen molar-refractivity contribution < 1.29 is 4.79 Å². The van der Waals surface area contributed by atoms with Gasteiger partial charge in [0, 0.05) is 31.5 Å². The zero-order chi connectivity index (χ0) is 18.8. The predicted octanol–water partition coefficient (Wildman–Crippen LogP) is 7.01. The van der Waals surface area contributed by atoms with E-state index in [0.29, 0.717) is 6.42 Å². The summed E-state index contributed by atoms with van der Waals surface area (Å²) in [6.45, 7) is 2.26. The number of carbonyl (C=O) groups is 1. The second-order valence-electron chi connectivity index (χ2n) is 7.58. The van der Waals surface area contributed by atoms with Crippen LogP contribution in [0.15, 0.2) is 36.4 Å². The molecule has 0 atom stereocenters. The smallest absolute Gasteiger partial charge is 0.164 e. The Hall–Kier alpha value is -1.83. The van der Waals surface area contributed by atoms with Crippen molar-refractivity contribution in [3.63, 3.8) is 0 Å². The van der Waals surface area contributed by atoms with Gasteiger partial charge in [0.2, 0.25) is 0 Å². The molecule has 0 saturated heterocycles. The molecule has 0 N–H and O–H groups in total. The lowest BCUT2D eigenvalue weighted by molar-refractivity contribution is 0.0979. The van der Waals surface area contributed by atoms with E-state index >= 15 is 0 Å². The number of hydrogen-bond acceptors (Lipinski definition) is 2. The van der Waals surface area contributed by atoms with E-state index < -0.39 is 0 Å². The Bertz CT molecular complexity index is 690. The standard InChI is InChI=1S/C24H35NO/c1-4-5-6-7-8-9-10-11-12-17-23(26)22-19-18-20-15-13-14-16-21(20)24(22)25(2)3/h13-16,18-19H,4-12,17H2,1-3H3. The summed E-state index contributed by atoms with van der Waals surface area (Å²) in [6, 6.07) is 12.4. The van der Waals surface area contributed by atoms with E-state index in [-0.39, 0.29) is 5.78 Å². The first-order chi connectivity index (χ1) is 12.6. The summed E-state index contributed by atoms with van der Waals surface area (Å²) in [6.07, 6.45) is 12.2. The van der Waals surface area contributed by atoms with Gasteiger partial charge in [-0.05, 0) is 17.9 Å². The van der Waals surface area contributed by atoms with Crippen molar-refractivity contribution in [1.82, 2.24) is 0 Å². The fourth-order valence-corrected chi connectivity index (χ4v) is 3.69. The second kappa shape index (κ2) is 11.0. The molecule has 0 aromatic heterocycles. The molecule has 0 fully saturated rings. The van der Waals surface area contributed by atoms with E-state index in [2.05, 4.69) is 30.0 Å². The number of fused-ring (bicyclic) bond motifs is 1. The molecule has 0 saturated carbocycles. The summed E-state index contributed by atoms with van der Waals surface area (Å²) in [4.78, 5) is 14.9. The maximum Gasteiger partial charge on any atom is 0.164 e. The summed E-state index contributed by atoms with van der Waals surface area (Å²) < 4.78 is 0. The van der Waals surface area contributed by atoms with E-state index in [9.17, 15) is 4.79 Å². The Labute approximate surface area is 159 Å². The highest BCUT2D eigenvalue weighted by atomic mass is 16.1. The number of benzene rings is 2. The van der Waals surface area contributed by atoms with Crippen molar-refractivity contribution in [1.29, 1.82) is 0 Å². The van der Waals surface area contributed by atoms with E-state index in [4.69, 9.17) is 0 Å². The lowest BCUT2D eigenvalue weighted by Crippen LogP contribution is -2.14.